The van der Waals surface area contributed by atoms with Crippen molar-refractivity contribution in [3.63, 3.8) is 0 Å². The number of nitrogens with zero attached hydrogens (tertiary/aromatic N) is 3. The highest BCUT2D eigenvalue weighted by Gasteiger charge is 2.26. The fraction of sp³-hybridized carbons (Fsp3) is 0.280. The van der Waals surface area contributed by atoms with Crippen molar-refractivity contribution in [1.82, 2.24) is 9.88 Å². The fourth-order valence-electron chi connectivity index (χ4n) is 3.71. The molecule has 0 atom stereocenters. The van der Waals surface area contributed by atoms with Gasteiger partial charge in [-0.2, -0.15) is 0 Å². The Morgan fingerprint density at radius 1 is 1.09 bits per heavy atom. The number of halogens is 1. The van der Waals surface area contributed by atoms with Gasteiger partial charge in [-0.25, -0.2) is 9.37 Å². The van der Waals surface area contributed by atoms with Crippen molar-refractivity contribution in [3.05, 3.63) is 66.0 Å². The minimum absolute atomic E-state index is 0.163. The first kappa shape index (κ1) is 22.2. The average Bonchev–Trinajstić information content (AvgIpc) is 3.19. The minimum atomic E-state index is -0.314. The number of carbonyl (C=O) groups is 1. The van der Waals surface area contributed by atoms with Gasteiger partial charge in [-0.3, -0.25) is 9.69 Å². The van der Waals surface area contributed by atoms with E-state index in [9.17, 15) is 9.18 Å². The van der Waals surface area contributed by atoms with Crippen LogP contribution in [0, 0.1) is 5.82 Å². The van der Waals surface area contributed by atoms with E-state index in [2.05, 4.69) is 9.88 Å². The summed E-state index contributed by atoms with van der Waals surface area (Å²) in [5, 5.41) is 2.37. The van der Waals surface area contributed by atoms with Gasteiger partial charge >= 0.3 is 0 Å². The molecule has 4 aromatic rings. The highest BCUT2D eigenvalue weighted by molar-refractivity contribution is 7.22. The van der Waals surface area contributed by atoms with E-state index in [1.54, 1.807) is 11.0 Å². The second-order valence-corrected chi connectivity index (χ2v) is 8.82. The largest absolute Gasteiger partial charge is 0.493 e. The summed E-state index contributed by atoms with van der Waals surface area (Å²) in [7, 11) is 4.01. The number of amides is 1. The van der Waals surface area contributed by atoms with Gasteiger partial charge in [0.25, 0.3) is 5.91 Å². The van der Waals surface area contributed by atoms with E-state index in [4.69, 9.17) is 4.74 Å². The monoisotopic (exact) mass is 451 g/mol. The van der Waals surface area contributed by atoms with Crippen LogP contribution in [0.2, 0.25) is 0 Å². The number of hydrogen-bond donors (Lipinski definition) is 0. The van der Waals surface area contributed by atoms with Gasteiger partial charge in [-0.1, -0.05) is 41.7 Å². The average molecular weight is 452 g/mol. The summed E-state index contributed by atoms with van der Waals surface area (Å²) in [4.78, 5) is 22.4. The second kappa shape index (κ2) is 9.63. The zero-order valence-electron chi connectivity index (χ0n) is 18.5. The summed E-state index contributed by atoms with van der Waals surface area (Å²) >= 11 is 1.33. The van der Waals surface area contributed by atoms with Gasteiger partial charge in [0.1, 0.15) is 11.6 Å². The zero-order valence-corrected chi connectivity index (χ0v) is 19.3. The maximum atomic E-state index is 14.0. The second-order valence-electron chi connectivity index (χ2n) is 7.81. The number of thiazole rings is 1. The Morgan fingerprint density at radius 3 is 2.69 bits per heavy atom. The number of carbonyl (C=O) groups excluding carboxylic acids is 1. The highest BCUT2D eigenvalue weighted by atomic mass is 32.1. The van der Waals surface area contributed by atoms with Crippen molar-refractivity contribution < 1.29 is 13.9 Å². The predicted octanol–water partition coefficient (Wildman–Crippen LogP) is 5.59. The number of anilines is 1. The molecule has 0 saturated carbocycles. The van der Waals surface area contributed by atoms with Crippen molar-refractivity contribution in [3.8, 4) is 5.75 Å². The maximum absolute atomic E-state index is 14.0. The summed E-state index contributed by atoms with van der Waals surface area (Å²) in [5.74, 6) is 0.0790. The lowest BCUT2D eigenvalue weighted by Gasteiger charge is -2.23. The molecule has 32 heavy (non-hydrogen) atoms. The number of rotatable bonds is 8. The van der Waals surface area contributed by atoms with Crippen LogP contribution in [0.3, 0.4) is 0 Å². The molecule has 5 nitrogen and oxygen atoms in total. The first-order valence-electron chi connectivity index (χ1n) is 10.6. The number of hydrogen-bond acceptors (Lipinski definition) is 5. The standard InChI is InChI=1S/C25H26FN3O2S/c1-4-31-21-13-10-17-8-5-6-9-19(17)23(21)24(30)29(15-7-14-28(2)3)25-27-20-12-11-18(26)16-22(20)32-25/h5-6,8-13,16H,4,7,14-15H2,1-3H3. The molecular formula is C25H26FN3O2S. The number of aromatic nitrogens is 1. The lowest BCUT2D eigenvalue weighted by atomic mass is 10.0. The van der Waals surface area contributed by atoms with Crippen LogP contribution in [0.4, 0.5) is 9.52 Å². The van der Waals surface area contributed by atoms with Crippen LogP contribution in [-0.4, -0.2) is 49.6 Å². The van der Waals surface area contributed by atoms with Crippen LogP contribution < -0.4 is 9.64 Å². The van der Waals surface area contributed by atoms with Crippen molar-refractivity contribution in [2.24, 2.45) is 0 Å². The van der Waals surface area contributed by atoms with Gasteiger partial charge in [-0.15, -0.1) is 0 Å². The van der Waals surface area contributed by atoms with Crippen LogP contribution in [-0.2, 0) is 0 Å². The molecule has 3 aromatic carbocycles. The molecule has 1 heterocycles. The molecule has 0 N–H and O–H groups in total. The Labute approximate surface area is 191 Å². The molecule has 7 heteroatoms. The first-order valence-corrected chi connectivity index (χ1v) is 11.5. The van der Waals surface area contributed by atoms with E-state index in [0.29, 0.717) is 39.8 Å². The normalized spacial score (nSPS) is 11.4. The van der Waals surface area contributed by atoms with Crippen LogP contribution >= 0.6 is 11.3 Å². The quantitative estimate of drug-likeness (QED) is 0.351. The van der Waals surface area contributed by atoms with Crippen LogP contribution in [0.25, 0.3) is 21.0 Å². The molecule has 0 spiro atoms. The third-order valence-electron chi connectivity index (χ3n) is 5.21. The maximum Gasteiger partial charge on any atom is 0.264 e. The van der Waals surface area contributed by atoms with Gasteiger partial charge in [0.05, 0.1) is 22.4 Å². The molecule has 1 amide bonds. The van der Waals surface area contributed by atoms with Crippen molar-refractivity contribution >= 4 is 43.4 Å². The van der Waals surface area contributed by atoms with Gasteiger partial charge in [0.2, 0.25) is 0 Å². The lowest BCUT2D eigenvalue weighted by Crippen LogP contribution is -2.34. The third-order valence-corrected chi connectivity index (χ3v) is 6.25. The number of benzene rings is 3. The summed E-state index contributed by atoms with van der Waals surface area (Å²) in [6.45, 7) is 3.69. The van der Waals surface area contributed by atoms with Crippen molar-refractivity contribution in [1.29, 1.82) is 0 Å². The molecule has 0 saturated heterocycles. The molecule has 166 valence electrons. The summed E-state index contributed by atoms with van der Waals surface area (Å²) in [6, 6.07) is 16.1. The van der Waals surface area contributed by atoms with Gasteiger partial charge in [-0.05, 0) is 69.0 Å². The van der Waals surface area contributed by atoms with Gasteiger partial charge < -0.3 is 9.64 Å². The zero-order chi connectivity index (χ0) is 22.7. The third kappa shape index (κ3) is 4.59. The number of fused-ring (bicyclic) bond motifs is 2. The van der Waals surface area contributed by atoms with Gasteiger partial charge in [0, 0.05) is 6.54 Å². The molecule has 0 bridgehead atoms. The number of ether oxygens (including phenoxy) is 1. The van der Waals surface area contributed by atoms with E-state index in [0.717, 1.165) is 23.7 Å². The highest BCUT2D eigenvalue weighted by Crippen LogP contribution is 2.34. The Kier molecular flexibility index (Phi) is 6.67. The molecule has 0 unspecified atom stereocenters. The molecule has 0 aliphatic rings. The van der Waals surface area contributed by atoms with Crippen LogP contribution in [0.15, 0.2) is 54.6 Å². The first-order chi connectivity index (χ1) is 15.5. The summed E-state index contributed by atoms with van der Waals surface area (Å²) in [6.07, 6.45) is 0.776. The minimum Gasteiger partial charge on any atom is -0.493 e. The topological polar surface area (TPSA) is 45.7 Å². The van der Waals surface area contributed by atoms with E-state index in [1.807, 2.05) is 57.4 Å². The van der Waals surface area contributed by atoms with E-state index >= 15 is 0 Å². The van der Waals surface area contributed by atoms with Crippen LogP contribution in [0.1, 0.15) is 23.7 Å². The van der Waals surface area contributed by atoms with Crippen molar-refractivity contribution in [2.75, 3.05) is 38.7 Å². The summed E-state index contributed by atoms with van der Waals surface area (Å²) in [5.41, 5.74) is 1.21. The van der Waals surface area contributed by atoms with E-state index in [-0.39, 0.29) is 11.7 Å². The molecule has 1 aromatic heterocycles. The molecule has 0 aliphatic carbocycles. The molecular weight excluding hydrogens is 425 g/mol. The molecule has 0 aliphatic heterocycles. The van der Waals surface area contributed by atoms with Crippen molar-refractivity contribution in [2.45, 2.75) is 13.3 Å². The Morgan fingerprint density at radius 2 is 1.91 bits per heavy atom. The molecule has 0 fully saturated rings. The smallest absolute Gasteiger partial charge is 0.264 e. The lowest BCUT2D eigenvalue weighted by molar-refractivity contribution is 0.0984. The fourth-order valence-corrected chi connectivity index (χ4v) is 4.73. The van der Waals surface area contributed by atoms with Crippen LogP contribution in [0.5, 0.6) is 5.75 Å². The van der Waals surface area contributed by atoms with Gasteiger partial charge in [0.15, 0.2) is 5.13 Å². The Balaban J connectivity index is 1.81. The summed E-state index contributed by atoms with van der Waals surface area (Å²) < 4.78 is 20.3. The Bertz CT molecular complexity index is 1250. The molecule has 0 radical (unpaired) electrons. The SMILES string of the molecule is CCOc1ccc2ccccc2c1C(=O)N(CCCN(C)C)c1nc2ccc(F)cc2s1. The van der Waals surface area contributed by atoms with E-state index in [1.165, 1.54) is 23.5 Å². The predicted molar refractivity (Wildman–Crippen MR) is 130 cm³/mol. The van der Waals surface area contributed by atoms with E-state index < -0.39 is 0 Å². The Hall–Kier alpha value is -3.03. The molecule has 4 rings (SSSR count).